The van der Waals surface area contributed by atoms with Gasteiger partial charge in [-0.25, -0.2) is 4.79 Å². The van der Waals surface area contributed by atoms with Gasteiger partial charge in [0.15, 0.2) is 4.34 Å². The van der Waals surface area contributed by atoms with E-state index >= 15 is 0 Å². The van der Waals surface area contributed by atoms with Gasteiger partial charge < -0.3 is 15.7 Å². The zero-order valence-electron chi connectivity index (χ0n) is 13.8. The number of nitrogens with one attached hydrogen (secondary N) is 2. The molecule has 23 heavy (non-hydrogen) atoms. The Bertz CT molecular complexity index is 522. The van der Waals surface area contributed by atoms with Crippen LogP contribution in [-0.2, 0) is 9.59 Å². The number of hydrogen-bond acceptors (Lipinski definition) is 7. The quantitative estimate of drug-likeness (QED) is 0.550. The number of thioether (sulfide) groups is 1. The van der Waals surface area contributed by atoms with E-state index in [0.717, 1.165) is 11.7 Å². The molecule has 0 bridgehead atoms. The zero-order valence-corrected chi connectivity index (χ0v) is 15.5. The molecule has 1 amide bonds. The number of aliphatic carboxylic acids is 1. The molecule has 0 aliphatic carbocycles. The summed E-state index contributed by atoms with van der Waals surface area (Å²) in [5, 5.41) is 23.6. The molecule has 0 saturated carbocycles. The molecule has 0 radical (unpaired) electrons. The van der Waals surface area contributed by atoms with Gasteiger partial charge in [-0.3, -0.25) is 4.79 Å². The predicted molar refractivity (Wildman–Crippen MR) is 93.0 cm³/mol. The highest BCUT2D eigenvalue weighted by Crippen LogP contribution is 2.25. The van der Waals surface area contributed by atoms with E-state index in [1.54, 1.807) is 0 Å². The number of carboxylic acids is 1. The number of carbonyl (C=O) groups excluding carboxylic acids is 1. The number of carbonyl (C=O) groups is 2. The second-order valence-corrected chi connectivity index (χ2v) is 7.91. The van der Waals surface area contributed by atoms with Gasteiger partial charge in [-0.1, -0.05) is 57.2 Å². The highest BCUT2D eigenvalue weighted by Gasteiger charge is 2.25. The Labute approximate surface area is 144 Å². The number of rotatable bonds is 10. The maximum Gasteiger partial charge on any atom is 0.326 e. The topological polar surface area (TPSA) is 104 Å². The van der Waals surface area contributed by atoms with Crippen LogP contribution in [0.3, 0.4) is 0 Å². The molecule has 1 rings (SSSR count). The van der Waals surface area contributed by atoms with Crippen molar-refractivity contribution in [2.75, 3.05) is 17.6 Å². The lowest BCUT2D eigenvalue weighted by molar-refractivity contribution is -0.143. The van der Waals surface area contributed by atoms with Crippen molar-refractivity contribution in [3.63, 3.8) is 0 Å². The first-order chi connectivity index (χ1) is 10.8. The maximum absolute atomic E-state index is 11.9. The molecule has 1 heterocycles. The van der Waals surface area contributed by atoms with Gasteiger partial charge in [0.2, 0.25) is 11.0 Å². The molecule has 0 aromatic carbocycles. The van der Waals surface area contributed by atoms with Gasteiger partial charge in [0.05, 0.1) is 5.75 Å². The summed E-state index contributed by atoms with van der Waals surface area (Å²) in [7, 11) is 0. The van der Waals surface area contributed by atoms with E-state index in [1.165, 1.54) is 23.1 Å². The summed E-state index contributed by atoms with van der Waals surface area (Å²) >= 11 is 2.64. The Kier molecular flexibility index (Phi) is 8.32. The Morgan fingerprint density at radius 3 is 2.57 bits per heavy atom. The molecule has 0 unspecified atom stereocenters. The second-order valence-electron chi connectivity index (χ2n) is 5.71. The highest BCUT2D eigenvalue weighted by atomic mass is 32.2. The number of anilines is 1. The molecule has 7 nitrogen and oxygen atoms in total. The molecule has 0 spiro atoms. The molecule has 9 heteroatoms. The first-order valence-electron chi connectivity index (χ1n) is 7.55. The van der Waals surface area contributed by atoms with Crippen molar-refractivity contribution >= 4 is 40.1 Å². The summed E-state index contributed by atoms with van der Waals surface area (Å²) in [5.74, 6) is -0.800. The van der Waals surface area contributed by atoms with Gasteiger partial charge in [-0.2, -0.15) is 0 Å². The van der Waals surface area contributed by atoms with Gasteiger partial charge in [0, 0.05) is 6.54 Å². The fourth-order valence-electron chi connectivity index (χ4n) is 1.66. The molecule has 3 N–H and O–H groups in total. The van der Waals surface area contributed by atoms with E-state index in [4.69, 9.17) is 5.11 Å². The van der Waals surface area contributed by atoms with Crippen molar-refractivity contribution in [2.24, 2.45) is 11.8 Å². The monoisotopic (exact) mass is 360 g/mol. The van der Waals surface area contributed by atoms with Gasteiger partial charge in [0.1, 0.15) is 6.04 Å². The summed E-state index contributed by atoms with van der Waals surface area (Å²) in [6, 6.07) is -0.856. The number of hydrogen-bond donors (Lipinski definition) is 3. The summed E-state index contributed by atoms with van der Waals surface area (Å²) in [4.78, 5) is 23.1. The lowest BCUT2D eigenvalue weighted by Gasteiger charge is -2.19. The van der Waals surface area contributed by atoms with E-state index in [1.807, 2.05) is 13.8 Å². The van der Waals surface area contributed by atoms with E-state index in [0.29, 0.717) is 16.7 Å². The number of aromatic nitrogens is 2. The predicted octanol–water partition coefficient (Wildman–Crippen LogP) is 2.31. The highest BCUT2D eigenvalue weighted by molar-refractivity contribution is 8.01. The third-order valence-electron chi connectivity index (χ3n) is 3.19. The van der Waals surface area contributed by atoms with Crippen LogP contribution in [0.25, 0.3) is 0 Å². The summed E-state index contributed by atoms with van der Waals surface area (Å²) < 4.78 is 0.682. The van der Waals surface area contributed by atoms with Crippen LogP contribution in [-0.4, -0.2) is 45.5 Å². The van der Waals surface area contributed by atoms with Crippen LogP contribution in [0.5, 0.6) is 0 Å². The molecular formula is C14H24N4O3S2. The van der Waals surface area contributed by atoms with E-state index in [-0.39, 0.29) is 17.6 Å². The van der Waals surface area contributed by atoms with Crippen molar-refractivity contribution in [3.8, 4) is 0 Å². The third-order valence-corrected chi connectivity index (χ3v) is 5.20. The van der Waals surface area contributed by atoms with Crippen LogP contribution in [0.15, 0.2) is 4.34 Å². The number of amides is 1. The van der Waals surface area contributed by atoms with Crippen LogP contribution in [0.2, 0.25) is 0 Å². The first kappa shape index (κ1) is 19.7. The maximum atomic E-state index is 11.9. The minimum atomic E-state index is -1.01. The van der Waals surface area contributed by atoms with Crippen LogP contribution in [0, 0.1) is 11.8 Å². The average molecular weight is 361 g/mol. The van der Waals surface area contributed by atoms with Crippen molar-refractivity contribution in [3.05, 3.63) is 0 Å². The van der Waals surface area contributed by atoms with Gasteiger partial charge in [-0.05, 0) is 11.8 Å². The van der Waals surface area contributed by atoms with E-state index < -0.39 is 12.0 Å². The van der Waals surface area contributed by atoms with Gasteiger partial charge in [-0.15, -0.1) is 10.2 Å². The van der Waals surface area contributed by atoms with Crippen LogP contribution < -0.4 is 10.6 Å². The molecule has 0 saturated heterocycles. The fourth-order valence-corrected chi connectivity index (χ4v) is 3.23. The molecule has 0 aliphatic rings. The molecular weight excluding hydrogens is 336 g/mol. The van der Waals surface area contributed by atoms with E-state index in [9.17, 15) is 9.59 Å². The molecule has 0 fully saturated rings. The lowest BCUT2D eigenvalue weighted by atomic mass is 9.99. The van der Waals surface area contributed by atoms with Gasteiger partial charge in [0.25, 0.3) is 0 Å². The van der Waals surface area contributed by atoms with Crippen molar-refractivity contribution in [1.29, 1.82) is 0 Å². The Morgan fingerprint density at radius 2 is 2.00 bits per heavy atom. The van der Waals surface area contributed by atoms with E-state index in [2.05, 4.69) is 34.7 Å². The molecule has 2 atom stereocenters. The second kappa shape index (κ2) is 9.71. The minimum absolute atomic E-state index is 0.116. The molecule has 130 valence electrons. The summed E-state index contributed by atoms with van der Waals surface area (Å²) in [6.45, 7) is 8.72. The Balaban J connectivity index is 2.45. The van der Waals surface area contributed by atoms with Gasteiger partial charge >= 0.3 is 5.97 Å². The largest absolute Gasteiger partial charge is 0.480 e. The summed E-state index contributed by atoms with van der Waals surface area (Å²) in [6.07, 6.45) is 0.686. The number of nitrogens with zero attached hydrogens (tertiary/aromatic N) is 2. The fraction of sp³-hybridized carbons (Fsp3) is 0.714. The average Bonchev–Trinajstić information content (AvgIpc) is 2.95. The van der Waals surface area contributed by atoms with Crippen molar-refractivity contribution in [1.82, 2.24) is 15.5 Å². The third kappa shape index (κ3) is 7.17. The molecule has 0 aliphatic heterocycles. The number of carboxylic acid groups (broad SMARTS) is 1. The smallest absolute Gasteiger partial charge is 0.326 e. The Hall–Kier alpha value is -1.35. The first-order valence-corrected chi connectivity index (χ1v) is 9.36. The Morgan fingerprint density at radius 1 is 1.30 bits per heavy atom. The van der Waals surface area contributed by atoms with Crippen molar-refractivity contribution < 1.29 is 14.7 Å². The van der Waals surface area contributed by atoms with Crippen LogP contribution in [0.1, 0.15) is 34.1 Å². The minimum Gasteiger partial charge on any atom is -0.480 e. The standard InChI is InChI=1S/C14H24N4O3S2/c1-5-9(4)11(12(20)21)16-10(19)7-22-14-18-17-13(23-14)15-6-8(2)3/h8-9,11H,5-7H2,1-4H3,(H,15,17)(H,16,19)(H,20,21)/t9-,11-/m1/s1. The molecule has 1 aromatic heterocycles. The zero-order chi connectivity index (χ0) is 17.4. The van der Waals surface area contributed by atoms with Crippen LogP contribution >= 0.6 is 23.1 Å². The van der Waals surface area contributed by atoms with Crippen molar-refractivity contribution in [2.45, 2.75) is 44.5 Å². The normalized spacial score (nSPS) is 13.6. The molecule has 1 aromatic rings. The lowest BCUT2D eigenvalue weighted by Crippen LogP contribution is -2.45. The SMILES string of the molecule is CC[C@@H](C)[C@@H](NC(=O)CSc1nnc(NCC(C)C)s1)C(=O)O. The van der Waals surface area contributed by atoms with Crippen LogP contribution in [0.4, 0.5) is 5.13 Å². The summed E-state index contributed by atoms with van der Waals surface area (Å²) in [5.41, 5.74) is 0.